The molecule has 0 amide bonds. The first-order valence-corrected chi connectivity index (χ1v) is 13.1. The summed E-state index contributed by atoms with van der Waals surface area (Å²) in [5.41, 5.74) is 6.15. The highest BCUT2D eigenvalue weighted by Gasteiger charge is 2.42. The van der Waals surface area contributed by atoms with Gasteiger partial charge in [0, 0.05) is 27.4 Å². The molecule has 0 radical (unpaired) electrons. The van der Waals surface area contributed by atoms with E-state index in [1.807, 2.05) is 0 Å². The molecule has 170 valence electrons. The van der Waals surface area contributed by atoms with Gasteiger partial charge in [0.1, 0.15) is 31.7 Å². The van der Waals surface area contributed by atoms with Crippen LogP contribution in [0.4, 0.5) is 0 Å². The van der Waals surface area contributed by atoms with Crippen LogP contribution in [-0.2, 0) is 19.4 Å². The third kappa shape index (κ3) is 7.02. The molecule has 32 heavy (non-hydrogen) atoms. The van der Waals surface area contributed by atoms with Gasteiger partial charge in [-0.3, -0.25) is 0 Å². The van der Waals surface area contributed by atoms with Crippen molar-refractivity contribution < 1.29 is 9.80 Å². The van der Waals surface area contributed by atoms with Gasteiger partial charge in [-0.05, 0) is 42.7 Å². The van der Waals surface area contributed by atoms with Crippen LogP contribution in [0, 0.1) is 0 Å². The Bertz CT molecular complexity index is 965. The second-order valence-electron chi connectivity index (χ2n) is 9.07. The molecule has 2 aromatic rings. The van der Waals surface area contributed by atoms with Crippen molar-refractivity contribution in [1.29, 1.82) is 0 Å². The van der Waals surface area contributed by atoms with E-state index in [1.165, 1.54) is 48.1 Å². The minimum Gasteiger partial charge on any atom is -0.319 e. The van der Waals surface area contributed by atoms with E-state index in [2.05, 4.69) is 113 Å². The zero-order valence-corrected chi connectivity index (χ0v) is 22.5. The van der Waals surface area contributed by atoms with Gasteiger partial charge >= 0.3 is 0 Å². The summed E-state index contributed by atoms with van der Waals surface area (Å²) in [6.07, 6.45) is 6.36. The summed E-state index contributed by atoms with van der Waals surface area (Å²) < 4.78 is 2.02. The van der Waals surface area contributed by atoms with E-state index in [0.717, 1.165) is 11.0 Å². The van der Waals surface area contributed by atoms with Crippen molar-refractivity contribution in [3.63, 3.8) is 0 Å². The second-order valence-corrected chi connectivity index (χ2v) is 11.0. The first-order chi connectivity index (χ1) is 15.4. The summed E-state index contributed by atoms with van der Waals surface area (Å²) in [5, 5.41) is 0. The molecular weight excluding hydrogens is 524 g/mol. The molecule has 0 saturated carbocycles. The molecule has 2 bridgehead atoms. The van der Waals surface area contributed by atoms with Crippen LogP contribution in [0.3, 0.4) is 0 Å². The first-order valence-electron chi connectivity index (χ1n) is 11.5. The van der Waals surface area contributed by atoms with Crippen LogP contribution in [0.5, 0.6) is 0 Å². The normalized spacial score (nSPS) is 24.4. The van der Waals surface area contributed by atoms with E-state index in [-0.39, 0.29) is 0 Å². The smallest absolute Gasteiger partial charge is 0.142 e. The summed E-state index contributed by atoms with van der Waals surface area (Å²) in [4.78, 5) is 3.57. The molecule has 3 aliphatic rings. The van der Waals surface area contributed by atoms with Gasteiger partial charge in [-0.25, -0.2) is 0 Å². The zero-order valence-electron chi connectivity index (χ0n) is 19.3. The Morgan fingerprint density at radius 2 is 1.62 bits per heavy atom. The summed E-state index contributed by atoms with van der Waals surface area (Å²) >= 11 is 6.70. The van der Waals surface area contributed by atoms with Gasteiger partial charge in [0.15, 0.2) is 0 Å². The van der Waals surface area contributed by atoms with E-state index in [1.54, 1.807) is 27.0 Å². The third-order valence-electron chi connectivity index (χ3n) is 6.76. The number of quaternary nitrogens is 2. The number of hydrogen-bond acceptors (Lipinski definition) is 0. The lowest BCUT2D eigenvalue weighted by Crippen LogP contribution is -3.33. The minimum absolute atomic E-state index is 0.696. The Balaban J connectivity index is 0.000000523. The molecule has 0 spiro atoms. The number of fused-ring (bicyclic) bond motifs is 2. The van der Waals surface area contributed by atoms with Crippen molar-refractivity contribution in [3.8, 4) is 0 Å². The molecular formula is C28H36Br2N2+2. The van der Waals surface area contributed by atoms with Gasteiger partial charge < -0.3 is 9.80 Å². The average Bonchev–Trinajstić information content (AvgIpc) is 2.76. The summed E-state index contributed by atoms with van der Waals surface area (Å²) in [6.45, 7) is 16.3. The van der Waals surface area contributed by atoms with Crippen LogP contribution < -0.4 is 9.80 Å². The Hall–Kier alpha value is -1.46. The highest BCUT2D eigenvalue weighted by molar-refractivity contribution is 9.11. The van der Waals surface area contributed by atoms with Gasteiger partial charge in [0.2, 0.25) is 0 Å². The molecule has 2 nitrogen and oxygen atoms in total. The van der Waals surface area contributed by atoms with Crippen molar-refractivity contribution in [2.24, 2.45) is 0 Å². The number of piperazine rings is 1. The minimum atomic E-state index is 0.696. The number of nitrogens with one attached hydrogen (secondary N) is 2. The highest BCUT2D eigenvalue weighted by atomic mass is 79.9. The van der Waals surface area contributed by atoms with E-state index in [9.17, 15) is 0 Å². The maximum Gasteiger partial charge on any atom is 0.142 e. The number of benzene rings is 2. The maximum atomic E-state index is 3.64. The van der Waals surface area contributed by atoms with Crippen LogP contribution in [0.1, 0.15) is 30.5 Å². The molecule has 3 heterocycles. The Labute approximate surface area is 211 Å². The predicted octanol–water partition coefficient (Wildman–Crippen LogP) is 4.32. The molecule has 3 aliphatic heterocycles. The molecule has 4 unspecified atom stereocenters. The zero-order chi connectivity index (χ0) is 23.1. The lowest BCUT2D eigenvalue weighted by Gasteiger charge is -2.43. The molecule has 4 atom stereocenters. The van der Waals surface area contributed by atoms with Gasteiger partial charge in [0.05, 0.1) is 6.54 Å². The van der Waals surface area contributed by atoms with E-state index in [0.29, 0.717) is 12.1 Å². The monoisotopic (exact) mass is 558 g/mol. The van der Waals surface area contributed by atoms with Crippen molar-refractivity contribution in [3.05, 3.63) is 105 Å². The average molecular weight is 560 g/mol. The number of halogens is 2. The van der Waals surface area contributed by atoms with Crippen LogP contribution in [0.15, 0.2) is 88.4 Å². The fraction of sp³-hybridized carbons (Fsp3) is 0.357. The Morgan fingerprint density at radius 1 is 1.03 bits per heavy atom. The topological polar surface area (TPSA) is 8.88 Å². The van der Waals surface area contributed by atoms with Crippen LogP contribution in [0.2, 0.25) is 0 Å². The third-order valence-corrected chi connectivity index (χ3v) is 7.58. The lowest BCUT2D eigenvalue weighted by atomic mass is 9.87. The molecule has 1 saturated heterocycles. The standard InChI is InChI=1S/C24H29BrN2.C4H5Br/c1-3-18(2)14-26-16-24-13-21-9-5-4-8-20(21)12-23(26)17-27(24)15-19-7-6-10-22(25)11-19;1-3-4(2)5/h3-11,23-24H,12-17H2,1-2H3;3H,1-2H2/p+2/b18-3+;. The number of hydrogen-bond donors (Lipinski definition) is 2. The predicted molar refractivity (Wildman–Crippen MR) is 143 cm³/mol. The molecule has 1 fully saturated rings. The molecule has 2 aromatic carbocycles. The maximum absolute atomic E-state index is 3.64. The summed E-state index contributed by atoms with van der Waals surface area (Å²) in [5.74, 6) is 0. The van der Waals surface area contributed by atoms with Crippen molar-refractivity contribution >= 4 is 31.9 Å². The van der Waals surface area contributed by atoms with Crippen LogP contribution in [0.25, 0.3) is 0 Å². The lowest BCUT2D eigenvalue weighted by molar-refractivity contribution is -1.05. The van der Waals surface area contributed by atoms with Gasteiger partial charge in [-0.15, -0.1) is 0 Å². The second kappa shape index (κ2) is 12.1. The molecule has 4 heteroatoms. The van der Waals surface area contributed by atoms with E-state index < -0.39 is 0 Å². The molecule has 5 rings (SSSR count). The number of rotatable bonds is 5. The van der Waals surface area contributed by atoms with Crippen LogP contribution in [-0.4, -0.2) is 31.7 Å². The fourth-order valence-corrected chi connectivity index (χ4v) is 5.42. The first kappa shape index (κ1) is 25.2. The van der Waals surface area contributed by atoms with Crippen molar-refractivity contribution in [2.75, 3.05) is 19.6 Å². The Kier molecular flexibility index (Phi) is 9.54. The molecule has 0 aromatic heterocycles. The SMILES string of the molecule is C/C=C(\C)C[NH+]1CC2Cc3ccccc3CC1C[NH+]2Cc1cccc(Br)c1.C=CC(=C)Br. The van der Waals surface area contributed by atoms with Gasteiger partial charge in [-0.2, -0.15) is 0 Å². The highest BCUT2D eigenvalue weighted by Crippen LogP contribution is 2.17. The molecule has 2 N–H and O–H groups in total. The molecule has 0 aliphatic carbocycles. The Morgan fingerprint density at radius 3 is 2.19 bits per heavy atom. The van der Waals surface area contributed by atoms with E-state index >= 15 is 0 Å². The largest absolute Gasteiger partial charge is 0.319 e. The summed E-state index contributed by atoms with van der Waals surface area (Å²) in [7, 11) is 0. The van der Waals surface area contributed by atoms with Gasteiger partial charge in [0.25, 0.3) is 0 Å². The number of allylic oxidation sites excluding steroid dienone is 3. The fourth-order valence-electron chi connectivity index (χ4n) is 4.98. The van der Waals surface area contributed by atoms with Gasteiger partial charge in [-0.1, -0.05) is 93.6 Å². The quantitative estimate of drug-likeness (QED) is 0.399. The van der Waals surface area contributed by atoms with Crippen LogP contribution >= 0.6 is 31.9 Å². The summed E-state index contributed by atoms with van der Waals surface area (Å²) in [6, 6.07) is 19.4. The van der Waals surface area contributed by atoms with E-state index in [4.69, 9.17) is 0 Å². The van der Waals surface area contributed by atoms with Crippen molar-refractivity contribution in [2.45, 2.75) is 45.3 Å². The van der Waals surface area contributed by atoms with Crippen molar-refractivity contribution in [1.82, 2.24) is 0 Å².